The third-order valence-corrected chi connectivity index (χ3v) is 6.16. The SMILES string of the molecule is CC[C@@]1(C(=O)O)C[C@@H]2CC[C@H]1N2C(=O)c1cc(C)nc2ccc(F)cc12. The molecule has 1 amide bonds. The van der Waals surface area contributed by atoms with E-state index in [0.29, 0.717) is 41.4 Å². The van der Waals surface area contributed by atoms with Gasteiger partial charge in [-0.2, -0.15) is 0 Å². The summed E-state index contributed by atoms with van der Waals surface area (Å²) in [5.74, 6) is -1.46. The maximum atomic E-state index is 13.8. The van der Waals surface area contributed by atoms with Crippen molar-refractivity contribution in [3.05, 3.63) is 41.3 Å². The number of aromatic nitrogens is 1. The van der Waals surface area contributed by atoms with Gasteiger partial charge in [-0.3, -0.25) is 14.6 Å². The zero-order valence-electron chi connectivity index (χ0n) is 14.8. The van der Waals surface area contributed by atoms with Crippen molar-refractivity contribution in [2.24, 2.45) is 5.41 Å². The van der Waals surface area contributed by atoms with Crippen LogP contribution in [0.1, 0.15) is 48.7 Å². The number of halogens is 1. The third kappa shape index (κ3) is 2.24. The summed E-state index contributed by atoms with van der Waals surface area (Å²) in [5, 5.41) is 10.3. The largest absolute Gasteiger partial charge is 0.481 e. The fourth-order valence-corrected chi connectivity index (χ4v) is 4.90. The lowest BCUT2D eigenvalue weighted by Gasteiger charge is -2.32. The van der Waals surface area contributed by atoms with Gasteiger partial charge < -0.3 is 10.0 Å². The van der Waals surface area contributed by atoms with Crippen LogP contribution in [0.4, 0.5) is 4.39 Å². The summed E-state index contributed by atoms with van der Waals surface area (Å²) in [6.45, 7) is 3.67. The molecule has 6 heteroatoms. The minimum absolute atomic E-state index is 0.0689. The molecule has 0 aliphatic carbocycles. The van der Waals surface area contributed by atoms with Crippen molar-refractivity contribution in [3.8, 4) is 0 Å². The van der Waals surface area contributed by atoms with Crippen molar-refractivity contribution >= 4 is 22.8 Å². The van der Waals surface area contributed by atoms with Gasteiger partial charge in [0.05, 0.1) is 16.5 Å². The van der Waals surface area contributed by atoms with Gasteiger partial charge in [0.1, 0.15) is 5.82 Å². The molecule has 5 nitrogen and oxygen atoms in total. The quantitative estimate of drug-likeness (QED) is 0.913. The number of aryl methyl sites for hydroxylation is 1. The molecule has 2 aromatic rings. The Labute approximate surface area is 150 Å². The maximum Gasteiger partial charge on any atom is 0.311 e. The van der Waals surface area contributed by atoms with E-state index in [1.807, 2.05) is 6.92 Å². The fourth-order valence-electron chi connectivity index (χ4n) is 4.90. The zero-order chi connectivity index (χ0) is 18.6. The maximum absolute atomic E-state index is 13.8. The molecule has 2 saturated heterocycles. The normalized spacial score (nSPS) is 27.3. The van der Waals surface area contributed by atoms with E-state index in [1.165, 1.54) is 12.1 Å². The van der Waals surface area contributed by atoms with Crippen LogP contribution >= 0.6 is 0 Å². The molecule has 2 aliphatic rings. The average Bonchev–Trinajstić information content (AvgIpc) is 3.17. The molecule has 1 N–H and O–H groups in total. The second-order valence-electron chi connectivity index (χ2n) is 7.45. The number of hydrogen-bond donors (Lipinski definition) is 1. The number of pyridine rings is 1. The van der Waals surface area contributed by atoms with Crippen molar-refractivity contribution in [2.45, 2.75) is 51.6 Å². The topological polar surface area (TPSA) is 70.5 Å². The molecule has 0 saturated carbocycles. The molecule has 1 aromatic carbocycles. The predicted molar refractivity (Wildman–Crippen MR) is 94.4 cm³/mol. The van der Waals surface area contributed by atoms with Crippen LogP contribution in [-0.4, -0.2) is 39.0 Å². The summed E-state index contributed by atoms with van der Waals surface area (Å²) in [6, 6.07) is 5.53. The van der Waals surface area contributed by atoms with Gasteiger partial charge >= 0.3 is 5.97 Å². The molecule has 0 unspecified atom stereocenters. The van der Waals surface area contributed by atoms with Crippen LogP contribution in [0.25, 0.3) is 10.9 Å². The van der Waals surface area contributed by atoms with E-state index in [2.05, 4.69) is 4.98 Å². The van der Waals surface area contributed by atoms with Crippen LogP contribution < -0.4 is 0 Å². The Morgan fingerprint density at radius 3 is 2.77 bits per heavy atom. The van der Waals surface area contributed by atoms with Gasteiger partial charge in [0.25, 0.3) is 5.91 Å². The third-order valence-electron chi connectivity index (χ3n) is 6.16. The Hall–Kier alpha value is -2.50. The molecule has 26 heavy (non-hydrogen) atoms. The molecule has 2 fully saturated rings. The Morgan fingerprint density at radius 1 is 1.35 bits per heavy atom. The highest BCUT2D eigenvalue weighted by Crippen LogP contribution is 2.52. The van der Waals surface area contributed by atoms with E-state index in [9.17, 15) is 19.1 Å². The number of nitrogens with zero attached hydrogens (tertiary/aromatic N) is 2. The van der Waals surface area contributed by atoms with E-state index in [0.717, 1.165) is 6.42 Å². The highest BCUT2D eigenvalue weighted by Gasteiger charge is 2.60. The first kappa shape index (κ1) is 16.9. The van der Waals surface area contributed by atoms with Crippen LogP contribution in [-0.2, 0) is 4.79 Å². The first-order chi connectivity index (χ1) is 12.4. The monoisotopic (exact) mass is 356 g/mol. The van der Waals surface area contributed by atoms with Crippen molar-refractivity contribution in [3.63, 3.8) is 0 Å². The first-order valence-electron chi connectivity index (χ1n) is 9.00. The van der Waals surface area contributed by atoms with E-state index in [4.69, 9.17) is 0 Å². The Balaban J connectivity index is 1.81. The van der Waals surface area contributed by atoms with Gasteiger partial charge in [-0.1, -0.05) is 6.92 Å². The van der Waals surface area contributed by atoms with Gasteiger partial charge in [0.15, 0.2) is 0 Å². The molecular weight excluding hydrogens is 335 g/mol. The van der Waals surface area contributed by atoms with Crippen LogP contribution in [0.3, 0.4) is 0 Å². The van der Waals surface area contributed by atoms with Crippen molar-refractivity contribution < 1.29 is 19.1 Å². The lowest BCUT2D eigenvalue weighted by atomic mass is 9.72. The first-order valence-corrected chi connectivity index (χ1v) is 9.00. The average molecular weight is 356 g/mol. The molecule has 1 aromatic heterocycles. The summed E-state index contributed by atoms with van der Waals surface area (Å²) < 4.78 is 13.8. The lowest BCUT2D eigenvalue weighted by molar-refractivity contribution is -0.151. The minimum atomic E-state index is -0.873. The van der Waals surface area contributed by atoms with Crippen molar-refractivity contribution in [1.29, 1.82) is 0 Å². The Kier molecular flexibility index (Phi) is 3.75. The molecule has 3 atom stereocenters. The molecule has 0 radical (unpaired) electrons. The standard InChI is InChI=1S/C20H21FN2O3/c1-3-20(19(25)26)10-13-5-7-17(20)23(13)18(24)15-8-11(2)22-16-6-4-12(21)9-14(15)16/h4,6,8-9,13,17H,3,5,7,10H2,1-2H3,(H,25,26)/t13-,17+,20+/m0/s1. The van der Waals surface area contributed by atoms with E-state index < -0.39 is 17.2 Å². The van der Waals surface area contributed by atoms with Gasteiger partial charge in [-0.05, 0) is 56.9 Å². The fraction of sp³-hybridized carbons (Fsp3) is 0.450. The van der Waals surface area contributed by atoms with E-state index in [-0.39, 0.29) is 18.0 Å². The number of rotatable bonds is 3. The Morgan fingerprint density at radius 2 is 2.12 bits per heavy atom. The van der Waals surface area contributed by atoms with Crippen LogP contribution in [0, 0.1) is 18.2 Å². The van der Waals surface area contributed by atoms with Crippen LogP contribution in [0.5, 0.6) is 0 Å². The zero-order valence-corrected chi connectivity index (χ0v) is 14.8. The Bertz CT molecular complexity index is 929. The number of carboxylic acid groups (broad SMARTS) is 1. The van der Waals surface area contributed by atoms with Gasteiger partial charge in [0, 0.05) is 23.2 Å². The summed E-state index contributed by atoms with van der Waals surface area (Å²) in [4.78, 5) is 31.5. The van der Waals surface area contributed by atoms with Gasteiger partial charge in [-0.25, -0.2) is 4.39 Å². The van der Waals surface area contributed by atoms with Crippen molar-refractivity contribution in [2.75, 3.05) is 0 Å². The summed E-state index contributed by atoms with van der Waals surface area (Å²) in [6.07, 6.45) is 2.51. The molecule has 0 spiro atoms. The number of carbonyl (C=O) groups excluding carboxylic acids is 1. The molecular formula is C20H21FN2O3. The van der Waals surface area contributed by atoms with Gasteiger partial charge in [-0.15, -0.1) is 0 Å². The number of fused-ring (bicyclic) bond motifs is 3. The number of aliphatic carboxylic acids is 1. The minimum Gasteiger partial charge on any atom is -0.481 e. The number of carboxylic acids is 1. The summed E-state index contributed by atoms with van der Waals surface area (Å²) in [7, 11) is 0. The molecule has 3 heterocycles. The lowest BCUT2D eigenvalue weighted by Crippen LogP contribution is -2.44. The second-order valence-corrected chi connectivity index (χ2v) is 7.45. The smallest absolute Gasteiger partial charge is 0.311 e. The number of carbonyl (C=O) groups is 2. The summed E-state index contributed by atoms with van der Waals surface area (Å²) in [5.41, 5.74) is 0.781. The van der Waals surface area contributed by atoms with E-state index >= 15 is 0 Å². The highest BCUT2D eigenvalue weighted by molar-refractivity contribution is 6.07. The number of amides is 1. The van der Waals surface area contributed by atoms with Crippen LogP contribution in [0.2, 0.25) is 0 Å². The number of hydrogen-bond acceptors (Lipinski definition) is 3. The molecule has 2 bridgehead atoms. The van der Waals surface area contributed by atoms with E-state index in [1.54, 1.807) is 24.0 Å². The summed E-state index contributed by atoms with van der Waals surface area (Å²) >= 11 is 0. The van der Waals surface area contributed by atoms with Gasteiger partial charge in [0.2, 0.25) is 0 Å². The molecule has 136 valence electrons. The molecule has 4 rings (SSSR count). The second kappa shape index (κ2) is 5.76. The van der Waals surface area contributed by atoms with Crippen molar-refractivity contribution in [1.82, 2.24) is 9.88 Å². The number of benzene rings is 1. The predicted octanol–water partition coefficient (Wildman–Crippen LogP) is 3.54. The molecule has 2 aliphatic heterocycles. The highest BCUT2D eigenvalue weighted by atomic mass is 19.1. The van der Waals surface area contributed by atoms with Crippen LogP contribution in [0.15, 0.2) is 24.3 Å².